The van der Waals surface area contributed by atoms with Crippen LogP contribution in [0.5, 0.6) is 0 Å². The minimum absolute atomic E-state index is 0.576. The standard InChI is InChI=1S/C14H26OS/c1-4-14(8-5-6-11-16-14)9-7-10-15-12-13(2)3/h12H,4-11H2,1-3H3. The summed E-state index contributed by atoms with van der Waals surface area (Å²) in [4.78, 5) is 0. The van der Waals surface area contributed by atoms with E-state index in [0.29, 0.717) is 4.75 Å². The van der Waals surface area contributed by atoms with E-state index >= 15 is 0 Å². The monoisotopic (exact) mass is 242 g/mol. The highest BCUT2D eigenvalue weighted by atomic mass is 32.2. The number of hydrogen-bond donors (Lipinski definition) is 0. The second-order valence-corrected chi connectivity index (χ2v) is 6.57. The van der Waals surface area contributed by atoms with Gasteiger partial charge in [-0.15, -0.1) is 0 Å². The van der Waals surface area contributed by atoms with Crippen molar-refractivity contribution in [2.45, 2.75) is 64.0 Å². The molecule has 1 saturated heterocycles. The fourth-order valence-corrected chi connectivity index (χ4v) is 3.83. The molecule has 0 aromatic carbocycles. The molecular formula is C14H26OS. The van der Waals surface area contributed by atoms with Gasteiger partial charge in [-0.3, -0.25) is 0 Å². The number of hydrogen-bond acceptors (Lipinski definition) is 2. The van der Waals surface area contributed by atoms with Gasteiger partial charge in [0.25, 0.3) is 0 Å². The van der Waals surface area contributed by atoms with Crippen LogP contribution in [0.3, 0.4) is 0 Å². The lowest BCUT2D eigenvalue weighted by atomic mass is 9.93. The molecule has 0 saturated carbocycles. The van der Waals surface area contributed by atoms with E-state index in [1.165, 1.54) is 49.9 Å². The maximum absolute atomic E-state index is 5.50. The maximum Gasteiger partial charge on any atom is 0.0873 e. The molecule has 0 spiro atoms. The molecule has 1 rings (SSSR count). The summed E-state index contributed by atoms with van der Waals surface area (Å²) in [6.45, 7) is 7.37. The highest BCUT2D eigenvalue weighted by Crippen LogP contribution is 2.42. The Bertz CT molecular complexity index is 213. The molecule has 1 atom stereocenters. The van der Waals surface area contributed by atoms with Crippen molar-refractivity contribution in [3.63, 3.8) is 0 Å². The van der Waals surface area contributed by atoms with Gasteiger partial charge in [-0.2, -0.15) is 11.8 Å². The summed E-state index contributed by atoms with van der Waals surface area (Å²) >= 11 is 2.20. The van der Waals surface area contributed by atoms with Crippen molar-refractivity contribution < 1.29 is 4.74 Å². The van der Waals surface area contributed by atoms with E-state index in [1.807, 2.05) is 6.26 Å². The molecule has 1 nitrogen and oxygen atoms in total. The van der Waals surface area contributed by atoms with Crippen LogP contribution in [-0.4, -0.2) is 17.1 Å². The smallest absolute Gasteiger partial charge is 0.0873 e. The Morgan fingerprint density at radius 2 is 2.19 bits per heavy atom. The Morgan fingerprint density at radius 1 is 1.38 bits per heavy atom. The summed E-state index contributed by atoms with van der Waals surface area (Å²) in [7, 11) is 0. The van der Waals surface area contributed by atoms with Crippen LogP contribution < -0.4 is 0 Å². The Hall–Kier alpha value is -0.110. The van der Waals surface area contributed by atoms with E-state index in [9.17, 15) is 0 Å². The van der Waals surface area contributed by atoms with Crippen molar-refractivity contribution >= 4 is 11.8 Å². The van der Waals surface area contributed by atoms with Gasteiger partial charge < -0.3 is 4.74 Å². The molecule has 0 amide bonds. The van der Waals surface area contributed by atoms with Crippen LogP contribution in [0.4, 0.5) is 0 Å². The molecule has 0 aliphatic carbocycles. The molecule has 16 heavy (non-hydrogen) atoms. The van der Waals surface area contributed by atoms with Crippen LogP contribution in [0.15, 0.2) is 11.8 Å². The van der Waals surface area contributed by atoms with Crippen LogP contribution in [0.25, 0.3) is 0 Å². The maximum atomic E-state index is 5.50. The molecule has 0 radical (unpaired) electrons. The summed E-state index contributed by atoms with van der Waals surface area (Å²) in [6, 6.07) is 0. The average molecular weight is 242 g/mol. The van der Waals surface area contributed by atoms with E-state index in [2.05, 4.69) is 32.5 Å². The van der Waals surface area contributed by atoms with Gasteiger partial charge >= 0.3 is 0 Å². The van der Waals surface area contributed by atoms with E-state index in [4.69, 9.17) is 4.74 Å². The number of ether oxygens (including phenoxy) is 1. The summed E-state index contributed by atoms with van der Waals surface area (Å²) in [5.41, 5.74) is 1.25. The van der Waals surface area contributed by atoms with Crippen molar-refractivity contribution in [1.29, 1.82) is 0 Å². The van der Waals surface area contributed by atoms with Gasteiger partial charge in [0.2, 0.25) is 0 Å². The zero-order valence-electron chi connectivity index (χ0n) is 11.1. The predicted molar refractivity (Wildman–Crippen MR) is 73.9 cm³/mol. The quantitative estimate of drug-likeness (QED) is 0.490. The first-order valence-corrected chi connectivity index (χ1v) is 7.56. The van der Waals surface area contributed by atoms with Crippen LogP contribution in [-0.2, 0) is 4.74 Å². The third-order valence-corrected chi connectivity index (χ3v) is 5.10. The molecule has 1 heterocycles. The van der Waals surface area contributed by atoms with Crippen LogP contribution in [0, 0.1) is 0 Å². The zero-order chi connectivity index (χ0) is 11.9. The van der Waals surface area contributed by atoms with E-state index in [-0.39, 0.29) is 0 Å². The van der Waals surface area contributed by atoms with Crippen molar-refractivity contribution in [2.75, 3.05) is 12.4 Å². The molecule has 1 unspecified atom stereocenters. The zero-order valence-corrected chi connectivity index (χ0v) is 11.9. The average Bonchev–Trinajstić information content (AvgIpc) is 2.29. The molecule has 1 aliphatic rings. The van der Waals surface area contributed by atoms with Crippen molar-refractivity contribution in [3.05, 3.63) is 11.8 Å². The summed E-state index contributed by atoms with van der Waals surface area (Å²) in [5.74, 6) is 1.36. The number of allylic oxidation sites excluding steroid dienone is 1. The van der Waals surface area contributed by atoms with Gasteiger partial charge in [-0.25, -0.2) is 0 Å². The lowest BCUT2D eigenvalue weighted by Gasteiger charge is -2.36. The lowest BCUT2D eigenvalue weighted by molar-refractivity contribution is 0.231. The Morgan fingerprint density at radius 3 is 2.75 bits per heavy atom. The second kappa shape index (κ2) is 7.26. The number of thioether (sulfide) groups is 1. The van der Waals surface area contributed by atoms with Crippen LogP contribution >= 0.6 is 11.8 Å². The van der Waals surface area contributed by atoms with Crippen LogP contribution in [0.2, 0.25) is 0 Å². The Labute approximate surface area is 105 Å². The fraction of sp³-hybridized carbons (Fsp3) is 0.857. The topological polar surface area (TPSA) is 9.23 Å². The minimum atomic E-state index is 0.576. The molecule has 1 aliphatic heterocycles. The largest absolute Gasteiger partial charge is 0.501 e. The Balaban J connectivity index is 2.20. The first-order valence-electron chi connectivity index (χ1n) is 6.57. The first kappa shape index (κ1) is 14.0. The summed E-state index contributed by atoms with van der Waals surface area (Å²) in [6.07, 6.45) is 9.98. The van der Waals surface area contributed by atoms with Gasteiger partial charge in [0.1, 0.15) is 0 Å². The van der Waals surface area contributed by atoms with Crippen molar-refractivity contribution in [2.24, 2.45) is 0 Å². The lowest BCUT2D eigenvalue weighted by Crippen LogP contribution is -2.27. The van der Waals surface area contributed by atoms with E-state index < -0.39 is 0 Å². The van der Waals surface area contributed by atoms with E-state index in [0.717, 1.165) is 6.61 Å². The molecule has 0 aromatic rings. The first-order chi connectivity index (χ1) is 7.68. The second-order valence-electron chi connectivity index (χ2n) is 5.01. The van der Waals surface area contributed by atoms with Gasteiger partial charge in [-0.1, -0.05) is 13.3 Å². The normalized spacial score (nSPS) is 25.2. The minimum Gasteiger partial charge on any atom is -0.501 e. The van der Waals surface area contributed by atoms with Gasteiger partial charge in [0, 0.05) is 4.75 Å². The molecule has 0 bridgehead atoms. The van der Waals surface area contributed by atoms with Crippen LogP contribution in [0.1, 0.15) is 59.3 Å². The van der Waals surface area contributed by atoms with Gasteiger partial charge in [-0.05, 0) is 57.3 Å². The van der Waals surface area contributed by atoms with Crippen molar-refractivity contribution in [1.82, 2.24) is 0 Å². The summed E-state index contributed by atoms with van der Waals surface area (Å²) < 4.78 is 6.08. The van der Waals surface area contributed by atoms with Gasteiger partial charge in [0.15, 0.2) is 0 Å². The Kier molecular flexibility index (Phi) is 6.33. The molecule has 0 N–H and O–H groups in total. The van der Waals surface area contributed by atoms with Crippen molar-refractivity contribution in [3.8, 4) is 0 Å². The molecule has 94 valence electrons. The third-order valence-electron chi connectivity index (χ3n) is 3.29. The molecule has 2 heteroatoms. The fourth-order valence-electron chi connectivity index (χ4n) is 2.27. The highest BCUT2D eigenvalue weighted by molar-refractivity contribution is 8.00. The number of rotatable bonds is 6. The SMILES string of the molecule is CCC1(CCCOC=C(C)C)CCCCS1. The molecule has 0 aromatic heterocycles. The van der Waals surface area contributed by atoms with E-state index in [1.54, 1.807) is 0 Å². The molecule has 1 fully saturated rings. The molecular weight excluding hydrogens is 216 g/mol. The summed E-state index contributed by atoms with van der Waals surface area (Å²) in [5, 5.41) is 0. The third kappa shape index (κ3) is 4.82. The predicted octanol–water partition coefficient (Wildman–Crippen LogP) is 4.77. The highest BCUT2D eigenvalue weighted by Gasteiger charge is 2.30. The van der Waals surface area contributed by atoms with Gasteiger partial charge in [0.05, 0.1) is 12.9 Å².